The molecule has 2 aromatic carbocycles. The standard InChI is InChI=1S/C20H19N5O3/c26-20(16-6-3-4-7-17(16)25(27)28)21-15-11-9-14(10-12-15)19-23-22-18-8-2-1-5-13-24(18)19/h3-4,6-7,9-12H,1-2,5,8,13H2,(H,21,26). The maximum Gasteiger partial charge on any atom is 0.282 e. The Morgan fingerprint density at radius 2 is 1.82 bits per heavy atom. The van der Waals surface area contributed by atoms with Crippen LogP contribution in [0.2, 0.25) is 0 Å². The number of hydrogen-bond donors (Lipinski definition) is 1. The zero-order chi connectivity index (χ0) is 19.5. The highest BCUT2D eigenvalue weighted by Gasteiger charge is 2.20. The number of nitro groups is 1. The Bertz CT molecular complexity index is 1030. The van der Waals surface area contributed by atoms with E-state index in [-0.39, 0.29) is 11.3 Å². The number of rotatable bonds is 4. The average Bonchev–Trinajstić information content (AvgIpc) is 2.96. The van der Waals surface area contributed by atoms with Crippen molar-refractivity contribution in [2.75, 3.05) is 5.32 Å². The van der Waals surface area contributed by atoms with Gasteiger partial charge >= 0.3 is 0 Å². The zero-order valence-electron chi connectivity index (χ0n) is 15.2. The zero-order valence-corrected chi connectivity index (χ0v) is 15.2. The van der Waals surface area contributed by atoms with Crippen molar-refractivity contribution < 1.29 is 9.72 Å². The maximum absolute atomic E-state index is 12.4. The minimum atomic E-state index is -0.560. The molecule has 142 valence electrons. The van der Waals surface area contributed by atoms with Crippen molar-refractivity contribution in [3.05, 3.63) is 70.0 Å². The van der Waals surface area contributed by atoms with Crippen LogP contribution in [-0.4, -0.2) is 25.6 Å². The molecule has 0 spiro atoms. The van der Waals surface area contributed by atoms with Gasteiger partial charge in [-0.2, -0.15) is 0 Å². The van der Waals surface area contributed by atoms with E-state index in [9.17, 15) is 14.9 Å². The van der Waals surface area contributed by atoms with E-state index < -0.39 is 10.8 Å². The summed E-state index contributed by atoms with van der Waals surface area (Å²) in [7, 11) is 0. The fourth-order valence-corrected chi connectivity index (χ4v) is 3.42. The number of carbonyl (C=O) groups is 1. The third-order valence-corrected chi connectivity index (χ3v) is 4.86. The molecule has 8 nitrogen and oxygen atoms in total. The molecular formula is C20H19N5O3. The van der Waals surface area contributed by atoms with Crippen LogP contribution in [-0.2, 0) is 13.0 Å². The highest BCUT2D eigenvalue weighted by atomic mass is 16.6. The Balaban J connectivity index is 1.54. The lowest BCUT2D eigenvalue weighted by atomic mass is 10.1. The topological polar surface area (TPSA) is 103 Å². The number of fused-ring (bicyclic) bond motifs is 1. The molecule has 1 amide bonds. The van der Waals surface area contributed by atoms with Crippen molar-refractivity contribution in [2.45, 2.75) is 32.2 Å². The lowest BCUT2D eigenvalue weighted by Gasteiger charge is -2.09. The van der Waals surface area contributed by atoms with Gasteiger partial charge in [0.2, 0.25) is 0 Å². The number of carbonyl (C=O) groups excluding carboxylic acids is 1. The molecule has 1 N–H and O–H groups in total. The van der Waals surface area contributed by atoms with Gasteiger partial charge < -0.3 is 9.88 Å². The third kappa shape index (κ3) is 3.48. The molecule has 0 aliphatic carbocycles. The minimum Gasteiger partial charge on any atom is -0.322 e. The summed E-state index contributed by atoms with van der Waals surface area (Å²) in [5, 5.41) is 22.5. The lowest BCUT2D eigenvalue weighted by molar-refractivity contribution is -0.385. The van der Waals surface area contributed by atoms with Gasteiger partial charge in [-0.1, -0.05) is 18.6 Å². The highest BCUT2D eigenvalue weighted by Crippen LogP contribution is 2.25. The van der Waals surface area contributed by atoms with Crippen molar-refractivity contribution in [2.24, 2.45) is 0 Å². The number of para-hydroxylation sites is 1. The Hall–Kier alpha value is -3.55. The van der Waals surface area contributed by atoms with Gasteiger partial charge in [-0.15, -0.1) is 10.2 Å². The number of aromatic nitrogens is 3. The van der Waals surface area contributed by atoms with Crippen LogP contribution in [0.1, 0.15) is 35.4 Å². The first-order valence-corrected chi connectivity index (χ1v) is 9.21. The number of benzene rings is 2. The summed E-state index contributed by atoms with van der Waals surface area (Å²) in [6.45, 7) is 0.911. The molecule has 1 aliphatic rings. The van der Waals surface area contributed by atoms with Crippen LogP contribution in [0.25, 0.3) is 11.4 Å². The van der Waals surface area contributed by atoms with Crippen LogP contribution < -0.4 is 5.32 Å². The van der Waals surface area contributed by atoms with Crippen LogP contribution in [0.5, 0.6) is 0 Å². The van der Waals surface area contributed by atoms with E-state index >= 15 is 0 Å². The molecule has 0 atom stereocenters. The van der Waals surface area contributed by atoms with E-state index in [1.807, 2.05) is 12.1 Å². The first-order chi connectivity index (χ1) is 13.6. The Labute approximate surface area is 161 Å². The number of amides is 1. The molecule has 0 saturated heterocycles. The van der Waals surface area contributed by atoms with Crippen molar-refractivity contribution >= 4 is 17.3 Å². The molecular weight excluding hydrogens is 358 g/mol. The molecule has 0 bridgehead atoms. The van der Waals surface area contributed by atoms with Crippen LogP contribution in [0.15, 0.2) is 48.5 Å². The Morgan fingerprint density at radius 3 is 2.61 bits per heavy atom. The van der Waals surface area contributed by atoms with E-state index in [0.29, 0.717) is 5.69 Å². The third-order valence-electron chi connectivity index (χ3n) is 4.86. The number of hydrogen-bond acceptors (Lipinski definition) is 5. The van der Waals surface area contributed by atoms with E-state index in [1.54, 1.807) is 18.2 Å². The molecule has 4 rings (SSSR count). The smallest absolute Gasteiger partial charge is 0.282 e. The molecule has 1 aliphatic heterocycles. The SMILES string of the molecule is O=C(Nc1ccc(-c2nnc3n2CCCCC3)cc1)c1ccccc1[N+](=O)[O-]. The molecule has 3 aromatic rings. The van der Waals surface area contributed by atoms with Crippen molar-refractivity contribution in [3.63, 3.8) is 0 Å². The van der Waals surface area contributed by atoms with Crippen LogP contribution in [0.4, 0.5) is 11.4 Å². The monoisotopic (exact) mass is 377 g/mol. The number of anilines is 1. The summed E-state index contributed by atoms with van der Waals surface area (Å²) in [6.07, 6.45) is 4.38. The Morgan fingerprint density at radius 1 is 1.04 bits per heavy atom. The second-order valence-corrected chi connectivity index (χ2v) is 6.71. The normalized spacial score (nSPS) is 13.4. The lowest BCUT2D eigenvalue weighted by Crippen LogP contribution is -2.13. The number of nitrogens with zero attached hydrogens (tertiary/aromatic N) is 4. The predicted molar refractivity (Wildman–Crippen MR) is 104 cm³/mol. The fourth-order valence-electron chi connectivity index (χ4n) is 3.42. The van der Waals surface area contributed by atoms with Crippen molar-refractivity contribution in [1.82, 2.24) is 14.8 Å². The van der Waals surface area contributed by atoms with Crippen LogP contribution in [0.3, 0.4) is 0 Å². The molecule has 28 heavy (non-hydrogen) atoms. The van der Waals surface area contributed by atoms with E-state index in [0.717, 1.165) is 43.0 Å². The van der Waals surface area contributed by atoms with Gasteiger partial charge in [-0.25, -0.2) is 0 Å². The first-order valence-electron chi connectivity index (χ1n) is 9.21. The van der Waals surface area contributed by atoms with Gasteiger partial charge in [-0.3, -0.25) is 14.9 Å². The van der Waals surface area contributed by atoms with E-state index in [1.165, 1.54) is 24.6 Å². The number of nitro benzene ring substituents is 1. The summed E-state index contributed by atoms with van der Waals surface area (Å²) in [6, 6.07) is 13.2. The molecule has 1 aromatic heterocycles. The van der Waals surface area contributed by atoms with Gasteiger partial charge in [0.1, 0.15) is 11.4 Å². The summed E-state index contributed by atoms with van der Waals surface area (Å²) < 4.78 is 2.16. The molecule has 0 radical (unpaired) electrons. The Kier molecular flexibility index (Phi) is 4.84. The molecule has 2 heterocycles. The first kappa shape index (κ1) is 17.8. The van der Waals surface area contributed by atoms with Crippen LogP contribution >= 0.6 is 0 Å². The number of aryl methyl sites for hydroxylation is 1. The van der Waals surface area contributed by atoms with E-state index in [4.69, 9.17) is 0 Å². The summed E-state index contributed by atoms with van der Waals surface area (Å²) in [4.78, 5) is 23.0. The largest absolute Gasteiger partial charge is 0.322 e. The number of nitrogens with one attached hydrogen (secondary N) is 1. The van der Waals surface area contributed by atoms with Gasteiger partial charge in [0.25, 0.3) is 11.6 Å². The molecule has 8 heteroatoms. The maximum atomic E-state index is 12.4. The predicted octanol–water partition coefficient (Wildman–Crippen LogP) is 3.83. The summed E-state index contributed by atoms with van der Waals surface area (Å²) >= 11 is 0. The average molecular weight is 377 g/mol. The molecule has 0 saturated carbocycles. The molecule has 0 unspecified atom stereocenters. The quantitative estimate of drug-likeness (QED) is 0.550. The van der Waals surface area contributed by atoms with Crippen LogP contribution in [0, 0.1) is 10.1 Å². The summed E-state index contributed by atoms with van der Waals surface area (Å²) in [5.74, 6) is 1.33. The van der Waals surface area contributed by atoms with Gasteiger partial charge in [0.15, 0.2) is 5.82 Å². The van der Waals surface area contributed by atoms with E-state index in [2.05, 4.69) is 20.1 Å². The van der Waals surface area contributed by atoms with Gasteiger partial charge in [0, 0.05) is 30.3 Å². The second-order valence-electron chi connectivity index (χ2n) is 6.71. The van der Waals surface area contributed by atoms with Crippen molar-refractivity contribution in [1.29, 1.82) is 0 Å². The molecule has 0 fully saturated rings. The minimum absolute atomic E-state index is 0.0272. The second kappa shape index (κ2) is 7.59. The highest BCUT2D eigenvalue weighted by molar-refractivity contribution is 6.07. The fraction of sp³-hybridized carbons (Fsp3) is 0.250. The van der Waals surface area contributed by atoms with Gasteiger partial charge in [0.05, 0.1) is 4.92 Å². The van der Waals surface area contributed by atoms with Crippen molar-refractivity contribution in [3.8, 4) is 11.4 Å². The summed E-state index contributed by atoms with van der Waals surface area (Å²) in [5.41, 5.74) is 1.29. The van der Waals surface area contributed by atoms with Gasteiger partial charge in [-0.05, 0) is 43.2 Å².